The van der Waals surface area contributed by atoms with Crippen LogP contribution in [0.25, 0.3) is 0 Å². The number of nitrogens with two attached hydrogens (primary N) is 1. The summed E-state index contributed by atoms with van der Waals surface area (Å²) in [5.41, 5.74) is 7.41. The molecule has 3 nitrogen and oxygen atoms in total. The molecule has 5 heteroatoms. The maximum absolute atomic E-state index is 6.18. The highest BCUT2D eigenvalue weighted by atomic mass is 35.5. The second-order valence-electron chi connectivity index (χ2n) is 5.21. The highest BCUT2D eigenvalue weighted by Gasteiger charge is 2.23. The van der Waals surface area contributed by atoms with Crippen LogP contribution in [0.3, 0.4) is 0 Å². The number of nitrogens with zero attached hydrogens (tertiary/aromatic N) is 1. The molecule has 0 spiro atoms. The zero-order chi connectivity index (χ0) is 15.4. The van der Waals surface area contributed by atoms with E-state index in [0.717, 1.165) is 16.6 Å². The molecule has 0 aliphatic heterocycles. The topological polar surface area (TPSA) is 38.5 Å². The molecule has 1 aromatic carbocycles. The van der Waals surface area contributed by atoms with Gasteiger partial charge in [0.05, 0.1) is 17.5 Å². The van der Waals surface area contributed by atoms with E-state index >= 15 is 0 Å². The Kier molecular flexibility index (Phi) is 5.65. The SMILES string of the molecule is COc1ccc(CN(C)C(c2ccc(Cl)s2)C(C)N)cc1. The summed E-state index contributed by atoms with van der Waals surface area (Å²) in [7, 11) is 3.76. The third kappa shape index (κ3) is 4.20. The van der Waals surface area contributed by atoms with Gasteiger partial charge in [-0.15, -0.1) is 11.3 Å². The van der Waals surface area contributed by atoms with Gasteiger partial charge in [-0.25, -0.2) is 0 Å². The fourth-order valence-electron chi connectivity index (χ4n) is 2.48. The third-order valence-electron chi connectivity index (χ3n) is 3.45. The minimum Gasteiger partial charge on any atom is -0.497 e. The average Bonchev–Trinajstić information content (AvgIpc) is 2.85. The quantitative estimate of drug-likeness (QED) is 0.875. The summed E-state index contributed by atoms with van der Waals surface area (Å²) in [6.45, 7) is 2.86. The number of hydrogen-bond acceptors (Lipinski definition) is 4. The molecule has 0 radical (unpaired) electrons. The summed E-state index contributed by atoms with van der Waals surface area (Å²) < 4.78 is 5.98. The Bertz CT molecular complexity index is 568. The van der Waals surface area contributed by atoms with Gasteiger partial charge < -0.3 is 10.5 Å². The Morgan fingerprint density at radius 1 is 1.24 bits per heavy atom. The minimum atomic E-state index is 0.0305. The average molecular weight is 325 g/mol. The maximum Gasteiger partial charge on any atom is 0.118 e. The zero-order valence-corrected chi connectivity index (χ0v) is 14.1. The number of halogens is 1. The molecule has 0 aliphatic rings. The lowest BCUT2D eigenvalue weighted by Gasteiger charge is -2.30. The van der Waals surface area contributed by atoms with Gasteiger partial charge in [-0.05, 0) is 43.8 Å². The standard InChI is InChI=1S/C16H21ClN2OS/c1-11(18)16(14-8-9-15(17)21-14)19(2)10-12-4-6-13(20-3)7-5-12/h4-9,11,16H,10,18H2,1-3H3. The lowest BCUT2D eigenvalue weighted by molar-refractivity contribution is 0.214. The molecule has 0 saturated heterocycles. The summed E-state index contributed by atoms with van der Waals surface area (Å²) in [4.78, 5) is 3.46. The van der Waals surface area contributed by atoms with Gasteiger partial charge in [-0.2, -0.15) is 0 Å². The van der Waals surface area contributed by atoms with Gasteiger partial charge in [0.2, 0.25) is 0 Å². The second-order valence-corrected chi connectivity index (χ2v) is 6.96. The van der Waals surface area contributed by atoms with Crippen LogP contribution < -0.4 is 10.5 Å². The van der Waals surface area contributed by atoms with Crippen molar-refractivity contribution < 1.29 is 4.74 Å². The molecular formula is C16H21ClN2OS. The number of hydrogen-bond donors (Lipinski definition) is 1. The monoisotopic (exact) mass is 324 g/mol. The van der Waals surface area contributed by atoms with E-state index in [1.807, 2.05) is 25.1 Å². The van der Waals surface area contributed by atoms with Crippen LogP contribution in [0.4, 0.5) is 0 Å². The molecule has 2 atom stereocenters. The number of benzene rings is 1. The van der Waals surface area contributed by atoms with Crippen molar-refractivity contribution in [1.29, 1.82) is 0 Å². The normalized spacial score (nSPS) is 14.2. The van der Waals surface area contributed by atoms with Crippen LogP contribution in [-0.4, -0.2) is 25.1 Å². The van der Waals surface area contributed by atoms with Crippen LogP contribution in [0.5, 0.6) is 5.75 Å². The van der Waals surface area contributed by atoms with Crippen molar-refractivity contribution in [1.82, 2.24) is 4.90 Å². The predicted octanol–water partition coefficient (Wildman–Crippen LogP) is 3.93. The van der Waals surface area contributed by atoms with Crippen LogP contribution in [0.2, 0.25) is 4.34 Å². The van der Waals surface area contributed by atoms with Crippen molar-refractivity contribution >= 4 is 22.9 Å². The fourth-order valence-corrected chi connectivity index (χ4v) is 3.83. The molecule has 2 N–H and O–H groups in total. The molecule has 2 unspecified atom stereocenters. The fraction of sp³-hybridized carbons (Fsp3) is 0.375. The molecule has 1 aromatic heterocycles. The molecule has 0 bridgehead atoms. The molecule has 0 saturated carbocycles. The van der Waals surface area contributed by atoms with Gasteiger partial charge in [-0.3, -0.25) is 4.90 Å². The van der Waals surface area contributed by atoms with E-state index in [2.05, 4.69) is 30.1 Å². The Morgan fingerprint density at radius 3 is 2.38 bits per heavy atom. The molecule has 21 heavy (non-hydrogen) atoms. The number of methoxy groups -OCH3 is 1. The largest absolute Gasteiger partial charge is 0.497 e. The highest BCUT2D eigenvalue weighted by molar-refractivity contribution is 7.16. The van der Waals surface area contributed by atoms with Crippen LogP contribution >= 0.6 is 22.9 Å². The zero-order valence-electron chi connectivity index (χ0n) is 12.5. The number of ether oxygens (including phenoxy) is 1. The first kappa shape index (κ1) is 16.3. The highest BCUT2D eigenvalue weighted by Crippen LogP contribution is 2.32. The van der Waals surface area contributed by atoms with Crippen molar-refractivity contribution in [3.05, 3.63) is 51.2 Å². The van der Waals surface area contributed by atoms with Crippen LogP contribution in [-0.2, 0) is 6.54 Å². The Morgan fingerprint density at radius 2 is 1.90 bits per heavy atom. The molecule has 2 rings (SSSR count). The van der Waals surface area contributed by atoms with Gasteiger partial charge in [0.1, 0.15) is 5.75 Å². The summed E-state index contributed by atoms with van der Waals surface area (Å²) in [6.07, 6.45) is 0. The third-order valence-corrected chi connectivity index (χ3v) is 4.75. The molecule has 0 aliphatic carbocycles. The Labute approximate surface area is 135 Å². The lowest BCUT2D eigenvalue weighted by atomic mass is 10.1. The maximum atomic E-state index is 6.18. The number of likely N-dealkylation sites (N-methyl/N-ethyl adjacent to an activating group) is 1. The van der Waals surface area contributed by atoms with Crippen molar-refractivity contribution in [3.63, 3.8) is 0 Å². The first-order valence-electron chi connectivity index (χ1n) is 6.85. The van der Waals surface area contributed by atoms with E-state index < -0.39 is 0 Å². The van der Waals surface area contributed by atoms with Gasteiger partial charge in [-0.1, -0.05) is 23.7 Å². The summed E-state index contributed by atoms with van der Waals surface area (Å²) in [5.74, 6) is 0.871. The first-order chi connectivity index (χ1) is 10.0. The van der Waals surface area contributed by atoms with Crippen LogP contribution in [0, 0.1) is 0 Å². The van der Waals surface area contributed by atoms with Crippen molar-refractivity contribution in [2.24, 2.45) is 5.73 Å². The molecule has 114 valence electrons. The molecule has 1 heterocycles. The van der Waals surface area contributed by atoms with Crippen LogP contribution in [0.1, 0.15) is 23.4 Å². The van der Waals surface area contributed by atoms with E-state index in [0.29, 0.717) is 0 Å². The molecule has 2 aromatic rings. The Hall–Kier alpha value is -1.07. The van der Waals surface area contributed by atoms with Gasteiger partial charge in [0, 0.05) is 17.5 Å². The van der Waals surface area contributed by atoms with E-state index in [9.17, 15) is 0 Å². The smallest absolute Gasteiger partial charge is 0.118 e. The summed E-state index contributed by atoms with van der Waals surface area (Å²) >= 11 is 7.65. The van der Waals surface area contributed by atoms with Crippen molar-refractivity contribution in [3.8, 4) is 5.75 Å². The second kappa shape index (κ2) is 7.27. The minimum absolute atomic E-state index is 0.0305. The van der Waals surface area contributed by atoms with Gasteiger partial charge in [0.25, 0.3) is 0 Å². The summed E-state index contributed by atoms with van der Waals surface area (Å²) in [5, 5.41) is 0. The Balaban J connectivity index is 2.13. The molecular weight excluding hydrogens is 304 g/mol. The van der Waals surface area contributed by atoms with Crippen molar-refractivity contribution in [2.45, 2.75) is 25.6 Å². The molecule has 0 fully saturated rings. The predicted molar refractivity (Wildman–Crippen MR) is 90.2 cm³/mol. The van der Waals surface area contributed by atoms with E-state index in [1.165, 1.54) is 10.4 Å². The van der Waals surface area contributed by atoms with Gasteiger partial charge in [0.15, 0.2) is 0 Å². The number of rotatable bonds is 6. The lowest BCUT2D eigenvalue weighted by Crippen LogP contribution is -2.36. The van der Waals surface area contributed by atoms with E-state index in [-0.39, 0.29) is 12.1 Å². The summed E-state index contributed by atoms with van der Waals surface area (Å²) in [6, 6.07) is 12.3. The first-order valence-corrected chi connectivity index (χ1v) is 8.04. The van der Waals surface area contributed by atoms with Crippen molar-refractivity contribution in [2.75, 3.05) is 14.2 Å². The van der Waals surface area contributed by atoms with E-state index in [1.54, 1.807) is 18.4 Å². The number of thiophene rings is 1. The van der Waals surface area contributed by atoms with Crippen LogP contribution in [0.15, 0.2) is 36.4 Å². The van der Waals surface area contributed by atoms with E-state index in [4.69, 9.17) is 22.1 Å². The molecule has 0 amide bonds. The van der Waals surface area contributed by atoms with Gasteiger partial charge >= 0.3 is 0 Å².